The van der Waals surface area contributed by atoms with E-state index in [-0.39, 0.29) is 11.5 Å². The van der Waals surface area contributed by atoms with Crippen LogP contribution in [0, 0.1) is 5.41 Å². The molecule has 19 heavy (non-hydrogen) atoms. The predicted octanol–water partition coefficient (Wildman–Crippen LogP) is 2.05. The minimum absolute atomic E-state index is 0.135. The standard InChI is InChI=1S/C14H22N2O2S/c1-11(15-3)12-5-4-6-13(9-12)19(17,18)16-10-14(2)7-8-14/h4-6,9,11,15-16H,7-8,10H2,1-3H3. The van der Waals surface area contributed by atoms with Crippen LogP contribution >= 0.6 is 0 Å². The number of benzene rings is 1. The minimum atomic E-state index is -3.40. The Morgan fingerprint density at radius 2 is 2.05 bits per heavy atom. The van der Waals surface area contributed by atoms with E-state index >= 15 is 0 Å². The average Bonchev–Trinajstić information content (AvgIpc) is 3.14. The van der Waals surface area contributed by atoms with Gasteiger partial charge in [0.1, 0.15) is 0 Å². The largest absolute Gasteiger partial charge is 0.313 e. The Hall–Kier alpha value is -0.910. The average molecular weight is 282 g/mol. The molecule has 1 aliphatic carbocycles. The van der Waals surface area contributed by atoms with Crippen molar-refractivity contribution in [3.8, 4) is 0 Å². The second kappa shape index (κ2) is 5.23. The summed E-state index contributed by atoms with van der Waals surface area (Å²) < 4.78 is 27.2. The van der Waals surface area contributed by atoms with Crippen molar-refractivity contribution in [2.45, 2.75) is 37.6 Å². The van der Waals surface area contributed by atoms with Gasteiger partial charge in [0.15, 0.2) is 0 Å². The maximum atomic E-state index is 12.2. The molecular weight excluding hydrogens is 260 g/mol. The predicted molar refractivity (Wildman–Crippen MR) is 76.4 cm³/mol. The summed E-state index contributed by atoms with van der Waals surface area (Å²) in [5, 5.41) is 3.11. The van der Waals surface area contributed by atoms with E-state index in [9.17, 15) is 8.42 Å². The van der Waals surface area contributed by atoms with Gasteiger partial charge >= 0.3 is 0 Å². The normalized spacial score (nSPS) is 19.1. The molecule has 1 aromatic carbocycles. The highest BCUT2D eigenvalue weighted by Crippen LogP contribution is 2.44. The van der Waals surface area contributed by atoms with Gasteiger partial charge in [0.2, 0.25) is 10.0 Å². The molecule has 5 heteroatoms. The zero-order valence-corrected chi connectivity index (χ0v) is 12.5. The van der Waals surface area contributed by atoms with Gasteiger partial charge in [-0.1, -0.05) is 19.1 Å². The van der Waals surface area contributed by atoms with Gasteiger partial charge in [0.05, 0.1) is 4.90 Å². The van der Waals surface area contributed by atoms with E-state index < -0.39 is 10.0 Å². The molecule has 1 unspecified atom stereocenters. The van der Waals surface area contributed by atoms with Crippen LogP contribution in [0.15, 0.2) is 29.2 Å². The second-order valence-corrected chi connectivity index (χ2v) is 7.49. The van der Waals surface area contributed by atoms with Crippen molar-refractivity contribution in [3.05, 3.63) is 29.8 Å². The topological polar surface area (TPSA) is 58.2 Å². The van der Waals surface area contributed by atoms with Gasteiger partial charge in [-0.15, -0.1) is 0 Å². The van der Waals surface area contributed by atoms with Crippen LogP contribution in [0.3, 0.4) is 0 Å². The van der Waals surface area contributed by atoms with Gasteiger partial charge in [0, 0.05) is 12.6 Å². The van der Waals surface area contributed by atoms with E-state index in [0.29, 0.717) is 11.4 Å². The van der Waals surface area contributed by atoms with Crippen molar-refractivity contribution in [1.29, 1.82) is 0 Å². The zero-order valence-electron chi connectivity index (χ0n) is 11.7. The van der Waals surface area contributed by atoms with Gasteiger partial charge in [-0.05, 0) is 49.9 Å². The highest BCUT2D eigenvalue weighted by Gasteiger charge is 2.38. The zero-order chi connectivity index (χ0) is 14.1. The van der Waals surface area contributed by atoms with Gasteiger partial charge in [-0.3, -0.25) is 0 Å². The molecule has 0 aromatic heterocycles. The molecule has 0 radical (unpaired) electrons. The molecule has 1 fully saturated rings. The van der Waals surface area contributed by atoms with Crippen molar-refractivity contribution in [2.24, 2.45) is 5.41 Å². The summed E-state index contributed by atoms with van der Waals surface area (Å²) in [6.07, 6.45) is 2.21. The highest BCUT2D eigenvalue weighted by molar-refractivity contribution is 7.89. The lowest BCUT2D eigenvalue weighted by Crippen LogP contribution is -2.29. The van der Waals surface area contributed by atoms with Crippen molar-refractivity contribution in [3.63, 3.8) is 0 Å². The highest BCUT2D eigenvalue weighted by atomic mass is 32.2. The SMILES string of the molecule is CNC(C)c1cccc(S(=O)(=O)NCC2(C)CC2)c1. The first-order valence-electron chi connectivity index (χ1n) is 6.63. The monoisotopic (exact) mass is 282 g/mol. The fraction of sp³-hybridized carbons (Fsp3) is 0.571. The molecule has 1 aromatic rings. The van der Waals surface area contributed by atoms with Crippen molar-refractivity contribution >= 4 is 10.0 Å². The summed E-state index contributed by atoms with van der Waals surface area (Å²) in [4.78, 5) is 0.344. The molecule has 0 aliphatic heterocycles. The van der Waals surface area contributed by atoms with Crippen LogP contribution in [0.2, 0.25) is 0 Å². The summed E-state index contributed by atoms with van der Waals surface area (Å²) in [6, 6.07) is 7.23. The number of sulfonamides is 1. The molecule has 1 atom stereocenters. The van der Waals surface area contributed by atoms with Crippen LogP contribution in [-0.4, -0.2) is 22.0 Å². The quantitative estimate of drug-likeness (QED) is 0.839. The van der Waals surface area contributed by atoms with E-state index in [1.807, 2.05) is 20.0 Å². The van der Waals surface area contributed by atoms with Gasteiger partial charge in [0.25, 0.3) is 0 Å². The lowest BCUT2D eigenvalue weighted by molar-refractivity contribution is 0.530. The number of rotatable bonds is 6. The molecule has 0 saturated heterocycles. The maximum absolute atomic E-state index is 12.2. The molecule has 2 rings (SSSR count). The third kappa shape index (κ3) is 3.55. The van der Waals surface area contributed by atoms with E-state index in [2.05, 4.69) is 17.0 Å². The number of hydrogen-bond donors (Lipinski definition) is 2. The first-order chi connectivity index (χ1) is 8.86. The molecule has 4 nitrogen and oxygen atoms in total. The molecule has 1 aliphatic rings. The van der Waals surface area contributed by atoms with E-state index in [0.717, 1.165) is 18.4 Å². The third-order valence-corrected chi connectivity index (χ3v) is 5.29. The van der Waals surface area contributed by atoms with Crippen molar-refractivity contribution in [2.75, 3.05) is 13.6 Å². The van der Waals surface area contributed by atoms with Crippen molar-refractivity contribution in [1.82, 2.24) is 10.0 Å². The lowest BCUT2D eigenvalue weighted by Gasteiger charge is -2.14. The molecule has 0 heterocycles. The fourth-order valence-corrected chi connectivity index (χ4v) is 3.11. The Bertz CT molecular complexity index is 550. The minimum Gasteiger partial charge on any atom is -0.313 e. The molecular formula is C14H22N2O2S. The van der Waals surface area contributed by atoms with Crippen LogP contribution in [-0.2, 0) is 10.0 Å². The van der Waals surface area contributed by atoms with Crippen LogP contribution in [0.1, 0.15) is 38.3 Å². The molecule has 0 amide bonds. The van der Waals surface area contributed by atoms with Crippen LogP contribution in [0.5, 0.6) is 0 Å². The Morgan fingerprint density at radius 3 is 2.63 bits per heavy atom. The smallest absolute Gasteiger partial charge is 0.240 e. The van der Waals surface area contributed by atoms with E-state index in [4.69, 9.17) is 0 Å². The first-order valence-corrected chi connectivity index (χ1v) is 8.12. The Kier molecular flexibility index (Phi) is 3.99. The summed E-state index contributed by atoms with van der Waals surface area (Å²) in [6.45, 7) is 4.64. The first kappa shape index (κ1) is 14.5. The van der Waals surface area contributed by atoms with Crippen LogP contribution in [0.25, 0.3) is 0 Å². The summed E-state index contributed by atoms with van der Waals surface area (Å²) in [5.41, 5.74) is 1.14. The number of hydrogen-bond acceptors (Lipinski definition) is 3. The lowest BCUT2D eigenvalue weighted by atomic mass is 10.1. The molecule has 2 N–H and O–H groups in total. The van der Waals surface area contributed by atoms with Crippen molar-refractivity contribution < 1.29 is 8.42 Å². The summed E-state index contributed by atoms with van der Waals surface area (Å²) in [5.74, 6) is 0. The van der Waals surface area contributed by atoms with Crippen LogP contribution in [0.4, 0.5) is 0 Å². The summed E-state index contributed by atoms with van der Waals surface area (Å²) in [7, 11) is -1.54. The molecule has 0 spiro atoms. The fourth-order valence-electron chi connectivity index (χ4n) is 1.86. The van der Waals surface area contributed by atoms with Gasteiger partial charge < -0.3 is 5.32 Å². The van der Waals surface area contributed by atoms with E-state index in [1.54, 1.807) is 18.2 Å². The Labute approximate surface area is 115 Å². The molecule has 1 saturated carbocycles. The Balaban J connectivity index is 2.15. The molecule has 0 bridgehead atoms. The van der Waals surface area contributed by atoms with E-state index in [1.165, 1.54) is 0 Å². The maximum Gasteiger partial charge on any atom is 0.240 e. The molecule has 106 valence electrons. The van der Waals surface area contributed by atoms with Gasteiger partial charge in [-0.25, -0.2) is 13.1 Å². The third-order valence-electron chi connectivity index (χ3n) is 3.89. The van der Waals surface area contributed by atoms with Crippen LogP contribution < -0.4 is 10.0 Å². The summed E-state index contributed by atoms with van der Waals surface area (Å²) >= 11 is 0. The second-order valence-electron chi connectivity index (χ2n) is 5.72. The number of nitrogens with one attached hydrogen (secondary N) is 2. The van der Waals surface area contributed by atoms with Gasteiger partial charge in [-0.2, -0.15) is 0 Å². The Morgan fingerprint density at radius 1 is 1.37 bits per heavy atom.